The van der Waals surface area contributed by atoms with Crippen LogP contribution in [0.2, 0.25) is 0 Å². The Morgan fingerprint density at radius 1 is 1.44 bits per heavy atom. The van der Waals surface area contributed by atoms with E-state index in [1.54, 1.807) is 18.2 Å². The smallest absolute Gasteiger partial charge is 0.289 e. The molecule has 0 saturated carbocycles. The first-order chi connectivity index (χ1) is 8.62. The maximum atomic E-state index is 11.2. The van der Waals surface area contributed by atoms with E-state index in [9.17, 15) is 9.59 Å². The van der Waals surface area contributed by atoms with Gasteiger partial charge < -0.3 is 20.9 Å². The molecule has 0 aliphatic rings. The largest absolute Gasteiger partial charge is 0.496 e. The van der Waals surface area contributed by atoms with Crippen molar-refractivity contribution in [2.45, 2.75) is 13.2 Å². The number of carbonyl (C=O) groups excluding carboxylic acids is 2. The van der Waals surface area contributed by atoms with E-state index in [0.717, 1.165) is 0 Å². The van der Waals surface area contributed by atoms with Crippen LogP contribution in [-0.2, 0) is 22.7 Å². The van der Waals surface area contributed by atoms with Crippen molar-refractivity contribution in [1.29, 1.82) is 0 Å². The Labute approximate surface area is 105 Å². The van der Waals surface area contributed by atoms with Crippen LogP contribution in [0, 0.1) is 0 Å². The predicted molar refractivity (Wildman–Crippen MR) is 64.8 cm³/mol. The van der Waals surface area contributed by atoms with Gasteiger partial charge in [-0.1, -0.05) is 12.1 Å². The Morgan fingerprint density at radius 2 is 2.17 bits per heavy atom. The first kappa shape index (κ1) is 14.1. The zero-order valence-corrected chi connectivity index (χ0v) is 10.1. The summed E-state index contributed by atoms with van der Waals surface area (Å²) >= 11 is 0. The molecule has 0 bridgehead atoms. The van der Waals surface area contributed by atoms with Crippen molar-refractivity contribution in [2.24, 2.45) is 5.73 Å². The molecule has 98 valence electrons. The van der Waals surface area contributed by atoms with Gasteiger partial charge in [-0.15, -0.1) is 0 Å². The van der Waals surface area contributed by atoms with Crippen molar-refractivity contribution in [2.75, 3.05) is 13.7 Å². The molecule has 0 heterocycles. The Kier molecular flexibility index (Phi) is 5.29. The van der Waals surface area contributed by atoms with Gasteiger partial charge in [-0.3, -0.25) is 9.59 Å². The van der Waals surface area contributed by atoms with E-state index in [2.05, 4.69) is 5.32 Å². The molecule has 0 spiro atoms. The molecular weight excluding hydrogens is 236 g/mol. The number of aliphatic hydroxyl groups excluding tert-OH is 1. The van der Waals surface area contributed by atoms with Crippen LogP contribution in [0.25, 0.3) is 0 Å². The number of hydrogen-bond acceptors (Lipinski definition) is 5. The molecule has 1 aromatic rings. The van der Waals surface area contributed by atoms with Gasteiger partial charge in [0, 0.05) is 12.1 Å². The molecule has 0 aromatic heterocycles. The monoisotopic (exact) mass is 252 g/mol. The highest BCUT2D eigenvalue weighted by Gasteiger charge is 2.12. The van der Waals surface area contributed by atoms with Crippen molar-refractivity contribution < 1.29 is 19.4 Å². The van der Waals surface area contributed by atoms with Crippen LogP contribution in [0.15, 0.2) is 18.2 Å². The van der Waals surface area contributed by atoms with E-state index in [4.69, 9.17) is 15.6 Å². The van der Waals surface area contributed by atoms with E-state index in [-0.39, 0.29) is 19.7 Å². The van der Waals surface area contributed by atoms with Crippen molar-refractivity contribution >= 4 is 11.7 Å². The minimum atomic E-state index is -0.717. The molecule has 0 saturated heterocycles. The molecule has 0 atom stereocenters. The highest BCUT2D eigenvalue weighted by Crippen LogP contribution is 2.20. The maximum absolute atomic E-state index is 11.2. The molecule has 6 nitrogen and oxygen atoms in total. The summed E-state index contributed by atoms with van der Waals surface area (Å²) in [5.74, 6) is -0.839. The number of ether oxygens (including phenoxy) is 1. The number of hydrogen-bond donors (Lipinski definition) is 3. The fourth-order valence-electron chi connectivity index (χ4n) is 1.40. The second kappa shape index (κ2) is 6.73. The van der Waals surface area contributed by atoms with Gasteiger partial charge in [0.2, 0.25) is 5.78 Å². The topological polar surface area (TPSA) is 102 Å². The summed E-state index contributed by atoms with van der Waals surface area (Å²) in [4.78, 5) is 22.2. The average molecular weight is 252 g/mol. The second-order valence-corrected chi connectivity index (χ2v) is 3.61. The predicted octanol–water partition coefficient (Wildman–Crippen LogP) is -0.668. The number of ketones is 1. The lowest BCUT2D eigenvalue weighted by atomic mass is 10.1. The van der Waals surface area contributed by atoms with Crippen molar-refractivity contribution in [1.82, 2.24) is 5.32 Å². The number of nitrogens with one attached hydrogen (secondary N) is 1. The van der Waals surface area contributed by atoms with Crippen LogP contribution < -0.4 is 15.8 Å². The number of Topliss-reactive ketones (excluding diaryl/α,β-unsaturated/α-hetero) is 1. The Bertz CT molecular complexity index is 446. The van der Waals surface area contributed by atoms with Crippen LogP contribution in [0.3, 0.4) is 0 Å². The van der Waals surface area contributed by atoms with Gasteiger partial charge >= 0.3 is 0 Å². The van der Waals surface area contributed by atoms with Crippen molar-refractivity contribution in [3.63, 3.8) is 0 Å². The van der Waals surface area contributed by atoms with Gasteiger partial charge in [0.15, 0.2) is 0 Å². The number of carbonyl (C=O) groups is 2. The van der Waals surface area contributed by atoms with Crippen LogP contribution in [0.1, 0.15) is 11.1 Å². The third-order valence-electron chi connectivity index (χ3n) is 2.41. The van der Waals surface area contributed by atoms with Crippen LogP contribution >= 0.6 is 0 Å². The summed E-state index contributed by atoms with van der Waals surface area (Å²) in [6.45, 7) is -0.236. The lowest BCUT2D eigenvalue weighted by Crippen LogP contribution is -2.34. The molecule has 0 aliphatic carbocycles. The summed E-state index contributed by atoms with van der Waals surface area (Å²) in [5, 5.41) is 11.4. The highest BCUT2D eigenvalue weighted by atomic mass is 16.5. The summed E-state index contributed by atoms with van der Waals surface area (Å²) in [7, 11) is 1.49. The highest BCUT2D eigenvalue weighted by molar-refractivity contribution is 6.36. The molecule has 18 heavy (non-hydrogen) atoms. The Balaban J connectivity index is 2.73. The Hall–Kier alpha value is -1.92. The van der Waals surface area contributed by atoms with Crippen molar-refractivity contribution in [3.05, 3.63) is 29.3 Å². The standard InChI is InChI=1S/C12H16N2O4/c1-18-11-4-8(7-15)2-3-9(11)6-14-12(17)10(16)5-13/h2-4,15H,5-7,13H2,1H3,(H,14,17). The first-order valence-corrected chi connectivity index (χ1v) is 5.40. The van der Waals surface area contributed by atoms with Crippen LogP contribution in [0.5, 0.6) is 5.75 Å². The van der Waals surface area contributed by atoms with E-state index in [1.165, 1.54) is 7.11 Å². The Morgan fingerprint density at radius 3 is 2.72 bits per heavy atom. The number of rotatable bonds is 6. The van der Waals surface area contributed by atoms with Crippen molar-refractivity contribution in [3.8, 4) is 5.75 Å². The van der Waals surface area contributed by atoms with Gasteiger partial charge in [0.25, 0.3) is 5.91 Å². The maximum Gasteiger partial charge on any atom is 0.289 e. The summed E-state index contributed by atoms with van der Waals surface area (Å²) in [6, 6.07) is 5.11. The third-order valence-corrected chi connectivity index (χ3v) is 2.41. The first-order valence-electron chi connectivity index (χ1n) is 5.40. The van der Waals surface area contributed by atoms with Crippen LogP contribution in [0.4, 0.5) is 0 Å². The van der Waals surface area contributed by atoms with Gasteiger partial charge in [-0.2, -0.15) is 0 Å². The van der Waals surface area contributed by atoms with Crippen LogP contribution in [-0.4, -0.2) is 30.5 Å². The quantitative estimate of drug-likeness (QED) is 0.583. The number of aliphatic hydroxyl groups is 1. The van der Waals surface area contributed by atoms with E-state index in [0.29, 0.717) is 16.9 Å². The minimum absolute atomic E-state index is 0.0886. The molecule has 6 heteroatoms. The number of amides is 1. The summed E-state index contributed by atoms with van der Waals surface area (Å²) < 4.78 is 5.13. The fourth-order valence-corrected chi connectivity index (χ4v) is 1.40. The van der Waals surface area contributed by atoms with E-state index < -0.39 is 11.7 Å². The zero-order valence-electron chi connectivity index (χ0n) is 10.1. The molecule has 0 unspecified atom stereocenters. The van der Waals surface area contributed by atoms with Gasteiger partial charge in [-0.05, 0) is 11.6 Å². The normalized spacial score (nSPS) is 9.94. The number of benzene rings is 1. The van der Waals surface area contributed by atoms with Gasteiger partial charge in [-0.25, -0.2) is 0 Å². The minimum Gasteiger partial charge on any atom is -0.496 e. The molecule has 1 rings (SSSR count). The molecule has 0 aliphatic heterocycles. The average Bonchev–Trinajstić information content (AvgIpc) is 2.43. The molecule has 0 radical (unpaired) electrons. The lowest BCUT2D eigenvalue weighted by Gasteiger charge is -2.10. The van der Waals surface area contributed by atoms with E-state index in [1.807, 2.05) is 0 Å². The van der Waals surface area contributed by atoms with Gasteiger partial charge in [0.1, 0.15) is 5.75 Å². The third kappa shape index (κ3) is 3.54. The van der Waals surface area contributed by atoms with Gasteiger partial charge in [0.05, 0.1) is 20.3 Å². The summed E-state index contributed by atoms with van der Waals surface area (Å²) in [5.41, 5.74) is 6.50. The molecule has 0 fully saturated rings. The molecule has 1 amide bonds. The molecule has 1 aromatic carbocycles. The SMILES string of the molecule is COc1cc(CO)ccc1CNC(=O)C(=O)CN. The zero-order chi connectivity index (χ0) is 13.5. The second-order valence-electron chi connectivity index (χ2n) is 3.61. The fraction of sp³-hybridized carbons (Fsp3) is 0.333. The lowest BCUT2D eigenvalue weighted by molar-refractivity contribution is -0.137. The number of methoxy groups -OCH3 is 1. The number of nitrogens with two attached hydrogens (primary N) is 1. The summed E-state index contributed by atoms with van der Waals surface area (Å²) in [6.07, 6.45) is 0. The molecule has 4 N–H and O–H groups in total. The molecular formula is C12H16N2O4. The van der Waals surface area contributed by atoms with E-state index >= 15 is 0 Å².